The van der Waals surface area contributed by atoms with Crippen molar-refractivity contribution in [3.8, 4) is 5.75 Å². The van der Waals surface area contributed by atoms with E-state index in [0.29, 0.717) is 31.2 Å². The van der Waals surface area contributed by atoms with E-state index in [1.165, 1.54) is 5.56 Å². The molecule has 1 unspecified atom stereocenters. The minimum absolute atomic E-state index is 0. The number of aliphatic imine (C=N–C) groups is 1. The molecule has 2 aromatic rings. The molecule has 10 heteroatoms. The van der Waals surface area contributed by atoms with E-state index in [1.54, 1.807) is 7.11 Å². The van der Waals surface area contributed by atoms with Gasteiger partial charge in [0.1, 0.15) is 5.75 Å². The van der Waals surface area contributed by atoms with Crippen molar-refractivity contribution < 1.29 is 14.0 Å². The summed E-state index contributed by atoms with van der Waals surface area (Å²) in [5, 5.41) is 10.5. The quantitative estimate of drug-likeness (QED) is 0.282. The molecule has 1 fully saturated rings. The molecule has 1 aliphatic heterocycles. The first kappa shape index (κ1) is 25.3. The van der Waals surface area contributed by atoms with E-state index >= 15 is 0 Å². The number of guanidine groups is 1. The molecule has 2 heterocycles. The number of morpholine rings is 1. The molecule has 9 nitrogen and oxygen atoms in total. The van der Waals surface area contributed by atoms with Crippen LogP contribution >= 0.6 is 24.0 Å². The van der Waals surface area contributed by atoms with Crippen molar-refractivity contribution in [1.29, 1.82) is 0 Å². The molecule has 3 rings (SSSR count). The van der Waals surface area contributed by atoms with Gasteiger partial charge in [0.2, 0.25) is 5.89 Å². The molecule has 0 bridgehead atoms. The Labute approximate surface area is 201 Å². The lowest BCUT2D eigenvalue weighted by Crippen LogP contribution is -2.42. The fourth-order valence-electron chi connectivity index (χ4n) is 3.40. The maximum atomic E-state index is 5.54. The van der Waals surface area contributed by atoms with Crippen LogP contribution in [0.1, 0.15) is 30.2 Å². The normalized spacial score (nSPS) is 15.8. The molecule has 2 N–H and O–H groups in total. The first-order chi connectivity index (χ1) is 14.7. The van der Waals surface area contributed by atoms with E-state index in [2.05, 4.69) is 44.7 Å². The minimum atomic E-state index is 0. The molecule has 0 amide bonds. The molecule has 0 radical (unpaired) electrons. The third-order valence-corrected chi connectivity index (χ3v) is 4.95. The molecule has 172 valence electrons. The lowest BCUT2D eigenvalue weighted by Gasteiger charge is -2.34. The topological polar surface area (TPSA) is 97.0 Å². The summed E-state index contributed by atoms with van der Waals surface area (Å²) in [4.78, 5) is 11.5. The molecule has 1 aromatic heterocycles. The van der Waals surface area contributed by atoms with Crippen LogP contribution in [0.3, 0.4) is 0 Å². The SMILES string of the molecule is CCNC(=NCC(c1ccc(OC)cc1)N1CCOCC1)NCCc1nc(C)no1.I. The van der Waals surface area contributed by atoms with Gasteiger partial charge in [0.25, 0.3) is 0 Å². The average Bonchev–Trinajstić information content (AvgIpc) is 3.20. The number of aromatic nitrogens is 2. The van der Waals surface area contributed by atoms with E-state index in [9.17, 15) is 0 Å². The van der Waals surface area contributed by atoms with Crippen molar-refractivity contribution in [3.63, 3.8) is 0 Å². The number of halogens is 1. The molecule has 1 saturated heterocycles. The standard InChI is InChI=1S/C21H32N6O3.HI/c1-4-22-21(23-10-9-20-25-16(2)26-30-20)24-15-19(27-11-13-29-14-12-27)17-5-7-18(28-3)8-6-17;/h5-8,19H,4,9-15H2,1-3H3,(H2,22,23,24);1H. The van der Waals surface area contributed by atoms with Gasteiger partial charge in [0.15, 0.2) is 11.8 Å². The first-order valence-corrected chi connectivity index (χ1v) is 10.5. The smallest absolute Gasteiger partial charge is 0.228 e. The number of hydrogen-bond acceptors (Lipinski definition) is 7. The molecule has 31 heavy (non-hydrogen) atoms. The van der Waals surface area contributed by atoms with Crippen LogP contribution in [-0.4, -0.2) is 74.0 Å². The highest BCUT2D eigenvalue weighted by Crippen LogP contribution is 2.24. The molecule has 0 aliphatic carbocycles. The summed E-state index contributed by atoms with van der Waals surface area (Å²) >= 11 is 0. The Bertz CT molecular complexity index is 793. The number of ether oxygens (including phenoxy) is 2. The van der Waals surface area contributed by atoms with Gasteiger partial charge >= 0.3 is 0 Å². The van der Waals surface area contributed by atoms with Crippen molar-refractivity contribution in [2.45, 2.75) is 26.3 Å². The van der Waals surface area contributed by atoms with Crippen molar-refractivity contribution in [3.05, 3.63) is 41.5 Å². The zero-order valence-electron chi connectivity index (χ0n) is 18.5. The third-order valence-electron chi connectivity index (χ3n) is 4.95. The van der Waals surface area contributed by atoms with Gasteiger partial charge in [0.05, 0.1) is 32.9 Å². The Morgan fingerprint density at radius 3 is 2.58 bits per heavy atom. The highest BCUT2D eigenvalue weighted by Gasteiger charge is 2.22. The maximum absolute atomic E-state index is 5.54. The lowest BCUT2D eigenvalue weighted by atomic mass is 10.0. The second-order valence-corrected chi connectivity index (χ2v) is 7.07. The second kappa shape index (κ2) is 13.5. The summed E-state index contributed by atoms with van der Waals surface area (Å²) in [5.74, 6) is 2.91. The second-order valence-electron chi connectivity index (χ2n) is 7.07. The Morgan fingerprint density at radius 2 is 1.97 bits per heavy atom. The molecule has 0 saturated carbocycles. The number of nitrogens with zero attached hydrogens (tertiary/aromatic N) is 4. The Kier molecular flexibility index (Phi) is 11.0. The summed E-state index contributed by atoms with van der Waals surface area (Å²) in [7, 11) is 1.68. The molecular weight excluding hydrogens is 511 g/mol. The van der Waals surface area contributed by atoms with Crippen LogP contribution < -0.4 is 15.4 Å². The predicted octanol–water partition coefficient (Wildman–Crippen LogP) is 2.18. The monoisotopic (exact) mass is 544 g/mol. The summed E-state index contributed by atoms with van der Waals surface area (Å²) in [6.45, 7) is 9.25. The molecular formula is C21H33IN6O3. The lowest BCUT2D eigenvalue weighted by molar-refractivity contribution is 0.0179. The van der Waals surface area contributed by atoms with Crippen LogP contribution in [-0.2, 0) is 11.2 Å². The fourth-order valence-corrected chi connectivity index (χ4v) is 3.40. The van der Waals surface area contributed by atoms with Crippen LogP contribution in [0.25, 0.3) is 0 Å². The maximum Gasteiger partial charge on any atom is 0.228 e. The average molecular weight is 544 g/mol. The largest absolute Gasteiger partial charge is 0.497 e. The fraction of sp³-hybridized carbons (Fsp3) is 0.571. The number of aryl methyl sites for hydroxylation is 1. The van der Waals surface area contributed by atoms with Gasteiger partial charge in [-0.3, -0.25) is 9.89 Å². The number of benzene rings is 1. The summed E-state index contributed by atoms with van der Waals surface area (Å²) in [6.07, 6.45) is 0.649. The Morgan fingerprint density at radius 1 is 1.23 bits per heavy atom. The molecule has 0 spiro atoms. The van der Waals surface area contributed by atoms with Gasteiger partial charge < -0.3 is 24.6 Å². The van der Waals surface area contributed by atoms with Crippen molar-refractivity contribution in [2.24, 2.45) is 4.99 Å². The van der Waals surface area contributed by atoms with E-state index < -0.39 is 0 Å². The van der Waals surface area contributed by atoms with Gasteiger partial charge in [-0.2, -0.15) is 4.98 Å². The van der Waals surface area contributed by atoms with Crippen molar-refractivity contribution in [2.75, 3.05) is 53.0 Å². The number of hydrogen-bond donors (Lipinski definition) is 2. The molecule has 1 atom stereocenters. The zero-order chi connectivity index (χ0) is 21.2. The summed E-state index contributed by atoms with van der Waals surface area (Å²) in [5.41, 5.74) is 1.22. The van der Waals surface area contributed by atoms with Gasteiger partial charge in [0, 0.05) is 32.6 Å². The molecule has 1 aliphatic rings. The summed E-state index contributed by atoms with van der Waals surface area (Å²) < 4.78 is 16.0. The number of rotatable bonds is 9. The number of nitrogens with one attached hydrogen (secondary N) is 2. The van der Waals surface area contributed by atoms with Crippen molar-refractivity contribution >= 4 is 29.9 Å². The van der Waals surface area contributed by atoms with Gasteiger partial charge in [-0.1, -0.05) is 17.3 Å². The Balaban J connectivity index is 0.00000341. The van der Waals surface area contributed by atoms with Crippen molar-refractivity contribution in [1.82, 2.24) is 25.7 Å². The van der Waals surface area contributed by atoms with Gasteiger partial charge in [-0.15, -0.1) is 24.0 Å². The third kappa shape index (κ3) is 7.93. The van der Waals surface area contributed by atoms with E-state index in [-0.39, 0.29) is 30.0 Å². The first-order valence-electron chi connectivity index (χ1n) is 10.5. The highest BCUT2D eigenvalue weighted by molar-refractivity contribution is 14.0. The van der Waals surface area contributed by atoms with E-state index in [1.807, 2.05) is 19.1 Å². The summed E-state index contributed by atoms with van der Waals surface area (Å²) in [6, 6.07) is 8.42. The van der Waals surface area contributed by atoms with Crippen LogP contribution in [0.15, 0.2) is 33.8 Å². The van der Waals surface area contributed by atoms with Crippen LogP contribution in [0.4, 0.5) is 0 Å². The predicted molar refractivity (Wildman–Crippen MR) is 130 cm³/mol. The van der Waals surface area contributed by atoms with Gasteiger partial charge in [-0.25, -0.2) is 0 Å². The zero-order valence-corrected chi connectivity index (χ0v) is 20.8. The van der Waals surface area contributed by atoms with E-state index in [0.717, 1.165) is 44.6 Å². The van der Waals surface area contributed by atoms with Gasteiger partial charge in [-0.05, 0) is 31.5 Å². The number of methoxy groups -OCH3 is 1. The molecule has 1 aromatic carbocycles. The van der Waals surface area contributed by atoms with Crippen LogP contribution in [0.5, 0.6) is 5.75 Å². The van der Waals surface area contributed by atoms with Crippen LogP contribution in [0.2, 0.25) is 0 Å². The Hall–Kier alpha value is -1.92. The highest BCUT2D eigenvalue weighted by atomic mass is 127. The van der Waals surface area contributed by atoms with Crippen LogP contribution in [0, 0.1) is 6.92 Å². The van der Waals surface area contributed by atoms with E-state index in [4.69, 9.17) is 19.0 Å². The minimum Gasteiger partial charge on any atom is -0.497 e.